The molecule has 20 heavy (non-hydrogen) atoms. The summed E-state index contributed by atoms with van der Waals surface area (Å²) in [6, 6.07) is 5.91. The Morgan fingerprint density at radius 1 is 1.20 bits per heavy atom. The molecule has 0 bridgehead atoms. The molecule has 1 aromatic carbocycles. The SMILES string of the molecule is Cc1ncc(N2C(=O)C(C)(C)c3ccc(Br)cc32)cn1. The Balaban J connectivity index is 2.20. The second-order valence-corrected chi connectivity index (χ2v) is 6.33. The Labute approximate surface area is 126 Å². The molecule has 0 radical (unpaired) electrons. The molecule has 0 spiro atoms. The summed E-state index contributed by atoms with van der Waals surface area (Å²) in [7, 11) is 0. The van der Waals surface area contributed by atoms with E-state index in [-0.39, 0.29) is 5.91 Å². The first-order chi connectivity index (χ1) is 9.41. The fourth-order valence-corrected chi connectivity index (χ4v) is 2.83. The predicted octanol–water partition coefficient (Wildman–Crippen LogP) is 3.50. The first kappa shape index (κ1) is 13.2. The molecule has 0 saturated carbocycles. The number of anilines is 2. The topological polar surface area (TPSA) is 46.1 Å². The summed E-state index contributed by atoms with van der Waals surface area (Å²) in [4.78, 5) is 22.8. The van der Waals surface area contributed by atoms with Crippen LogP contribution in [-0.2, 0) is 10.2 Å². The number of fused-ring (bicyclic) bond motifs is 1. The second-order valence-electron chi connectivity index (χ2n) is 5.42. The van der Waals surface area contributed by atoms with Crippen molar-refractivity contribution in [2.45, 2.75) is 26.2 Å². The van der Waals surface area contributed by atoms with Crippen LogP contribution in [0.4, 0.5) is 11.4 Å². The van der Waals surface area contributed by atoms with Crippen molar-refractivity contribution in [3.05, 3.63) is 46.5 Å². The van der Waals surface area contributed by atoms with Gasteiger partial charge >= 0.3 is 0 Å². The molecule has 0 fully saturated rings. The Morgan fingerprint density at radius 3 is 2.50 bits per heavy atom. The Hall–Kier alpha value is -1.75. The van der Waals surface area contributed by atoms with E-state index in [9.17, 15) is 4.79 Å². The number of hydrogen-bond donors (Lipinski definition) is 0. The molecule has 0 unspecified atom stereocenters. The molecule has 2 aromatic rings. The van der Waals surface area contributed by atoms with E-state index in [1.165, 1.54) is 0 Å². The zero-order chi connectivity index (χ0) is 14.5. The predicted molar refractivity (Wildman–Crippen MR) is 81.1 cm³/mol. The van der Waals surface area contributed by atoms with Crippen molar-refractivity contribution in [1.82, 2.24) is 9.97 Å². The maximum absolute atomic E-state index is 12.7. The van der Waals surface area contributed by atoms with E-state index >= 15 is 0 Å². The van der Waals surface area contributed by atoms with Crippen molar-refractivity contribution >= 4 is 33.2 Å². The van der Waals surface area contributed by atoms with Gasteiger partial charge in [-0.2, -0.15) is 0 Å². The molecule has 5 heteroatoms. The van der Waals surface area contributed by atoms with Gasteiger partial charge in [0, 0.05) is 4.47 Å². The van der Waals surface area contributed by atoms with Gasteiger partial charge in [0.05, 0.1) is 29.2 Å². The van der Waals surface area contributed by atoms with Crippen LogP contribution in [0.2, 0.25) is 0 Å². The Kier molecular flexibility index (Phi) is 2.90. The summed E-state index contributed by atoms with van der Waals surface area (Å²) in [5.41, 5.74) is 2.07. The van der Waals surface area contributed by atoms with Crippen molar-refractivity contribution in [2.75, 3.05) is 4.90 Å². The Bertz CT molecular complexity index is 695. The lowest BCUT2D eigenvalue weighted by atomic mass is 9.86. The van der Waals surface area contributed by atoms with Crippen molar-refractivity contribution < 1.29 is 4.79 Å². The molecule has 3 rings (SSSR count). The van der Waals surface area contributed by atoms with Gasteiger partial charge in [-0.05, 0) is 38.5 Å². The third-order valence-corrected chi connectivity index (χ3v) is 4.13. The highest BCUT2D eigenvalue weighted by molar-refractivity contribution is 9.10. The van der Waals surface area contributed by atoms with E-state index in [1.54, 1.807) is 17.3 Å². The van der Waals surface area contributed by atoms with Gasteiger partial charge in [-0.15, -0.1) is 0 Å². The third-order valence-electron chi connectivity index (χ3n) is 3.64. The van der Waals surface area contributed by atoms with Crippen molar-refractivity contribution in [3.8, 4) is 0 Å². The lowest BCUT2D eigenvalue weighted by molar-refractivity contribution is -0.121. The molecule has 1 aliphatic heterocycles. The monoisotopic (exact) mass is 331 g/mol. The van der Waals surface area contributed by atoms with Crippen LogP contribution in [0.25, 0.3) is 0 Å². The quantitative estimate of drug-likeness (QED) is 0.803. The molecule has 0 N–H and O–H groups in total. The second kappa shape index (κ2) is 4.38. The van der Waals surface area contributed by atoms with Gasteiger partial charge in [-0.1, -0.05) is 22.0 Å². The van der Waals surface area contributed by atoms with Gasteiger partial charge in [0.2, 0.25) is 5.91 Å². The average Bonchev–Trinajstić information content (AvgIpc) is 2.59. The van der Waals surface area contributed by atoms with Gasteiger partial charge in [-0.3, -0.25) is 9.69 Å². The van der Waals surface area contributed by atoms with Crippen LogP contribution in [0.1, 0.15) is 25.2 Å². The summed E-state index contributed by atoms with van der Waals surface area (Å²) in [5, 5.41) is 0. The van der Waals surface area contributed by atoms with Crippen LogP contribution in [0.5, 0.6) is 0 Å². The van der Waals surface area contributed by atoms with Crippen LogP contribution in [0, 0.1) is 6.92 Å². The van der Waals surface area contributed by atoms with Crippen LogP contribution in [0.3, 0.4) is 0 Å². The smallest absolute Gasteiger partial charge is 0.241 e. The number of nitrogens with zero attached hydrogens (tertiary/aromatic N) is 3. The zero-order valence-corrected chi connectivity index (χ0v) is 13.1. The number of benzene rings is 1. The summed E-state index contributed by atoms with van der Waals surface area (Å²) < 4.78 is 0.944. The normalized spacial score (nSPS) is 16.4. The molecule has 0 atom stereocenters. The average molecular weight is 332 g/mol. The van der Waals surface area contributed by atoms with E-state index in [2.05, 4.69) is 25.9 Å². The van der Waals surface area contributed by atoms with Crippen molar-refractivity contribution in [2.24, 2.45) is 0 Å². The van der Waals surface area contributed by atoms with Crippen LogP contribution >= 0.6 is 15.9 Å². The van der Waals surface area contributed by atoms with Gasteiger partial charge in [0.1, 0.15) is 5.82 Å². The maximum Gasteiger partial charge on any atom is 0.241 e. The molecular formula is C15H14BrN3O. The van der Waals surface area contributed by atoms with Crippen LogP contribution < -0.4 is 4.90 Å². The third kappa shape index (κ3) is 1.85. The zero-order valence-electron chi connectivity index (χ0n) is 11.5. The summed E-state index contributed by atoms with van der Waals surface area (Å²) in [6.07, 6.45) is 3.37. The van der Waals surface area contributed by atoms with Gasteiger partial charge < -0.3 is 0 Å². The molecule has 1 aromatic heterocycles. The lowest BCUT2D eigenvalue weighted by Crippen LogP contribution is -2.33. The minimum Gasteiger partial charge on any atom is -0.277 e. The molecule has 2 heterocycles. The highest BCUT2D eigenvalue weighted by atomic mass is 79.9. The van der Waals surface area contributed by atoms with Crippen LogP contribution in [0.15, 0.2) is 35.1 Å². The molecule has 0 aliphatic carbocycles. The van der Waals surface area contributed by atoms with Gasteiger partial charge in [-0.25, -0.2) is 9.97 Å². The highest BCUT2D eigenvalue weighted by Gasteiger charge is 2.44. The summed E-state index contributed by atoms with van der Waals surface area (Å²) >= 11 is 3.46. The van der Waals surface area contributed by atoms with E-state index in [0.29, 0.717) is 11.5 Å². The van der Waals surface area contributed by atoms with Crippen LogP contribution in [-0.4, -0.2) is 15.9 Å². The van der Waals surface area contributed by atoms with Gasteiger partial charge in [0.25, 0.3) is 0 Å². The molecule has 1 amide bonds. The molecule has 1 aliphatic rings. The summed E-state index contributed by atoms with van der Waals surface area (Å²) in [6.45, 7) is 5.71. The lowest BCUT2D eigenvalue weighted by Gasteiger charge is -2.19. The van der Waals surface area contributed by atoms with Crippen molar-refractivity contribution in [1.29, 1.82) is 0 Å². The van der Waals surface area contributed by atoms with E-state index in [4.69, 9.17) is 0 Å². The standard InChI is InChI=1S/C15H14BrN3O/c1-9-17-7-11(8-18-9)19-13-6-10(16)4-5-12(13)15(2,3)14(19)20/h4-8H,1-3H3. The number of aromatic nitrogens is 2. The minimum absolute atomic E-state index is 0.0399. The minimum atomic E-state index is -0.541. The molecule has 102 valence electrons. The Morgan fingerprint density at radius 2 is 1.85 bits per heavy atom. The maximum atomic E-state index is 12.7. The molecular weight excluding hydrogens is 318 g/mol. The molecule has 0 saturated heterocycles. The number of hydrogen-bond acceptors (Lipinski definition) is 3. The molecule has 4 nitrogen and oxygen atoms in total. The van der Waals surface area contributed by atoms with E-state index < -0.39 is 5.41 Å². The first-order valence-corrected chi connectivity index (χ1v) is 7.14. The summed E-state index contributed by atoms with van der Waals surface area (Å²) in [5.74, 6) is 0.729. The number of carbonyl (C=O) groups is 1. The highest BCUT2D eigenvalue weighted by Crippen LogP contribution is 2.45. The largest absolute Gasteiger partial charge is 0.277 e. The van der Waals surface area contributed by atoms with E-state index in [1.807, 2.05) is 39.0 Å². The van der Waals surface area contributed by atoms with Crippen molar-refractivity contribution in [3.63, 3.8) is 0 Å². The number of halogens is 1. The van der Waals surface area contributed by atoms with Gasteiger partial charge in [0.15, 0.2) is 0 Å². The number of carbonyl (C=O) groups excluding carboxylic acids is 1. The number of aryl methyl sites for hydroxylation is 1. The first-order valence-electron chi connectivity index (χ1n) is 6.34. The number of amides is 1. The fraction of sp³-hybridized carbons (Fsp3) is 0.267. The fourth-order valence-electron chi connectivity index (χ4n) is 2.48. The van der Waals surface area contributed by atoms with E-state index in [0.717, 1.165) is 15.7 Å². The number of rotatable bonds is 1.